The highest BCUT2D eigenvalue weighted by atomic mass is 16.7. The van der Waals surface area contributed by atoms with Gasteiger partial charge in [0.15, 0.2) is 0 Å². The average Bonchev–Trinajstić information content (AvgIpc) is 2.30. The second-order valence-corrected chi connectivity index (χ2v) is 2.24. The number of hydroxylamine groups is 2. The second-order valence-electron chi connectivity index (χ2n) is 2.24. The molecule has 0 N–H and O–H groups in total. The molecule has 3 heteroatoms. The fraction of sp³-hybridized carbons (Fsp3) is 0.571. The van der Waals surface area contributed by atoms with Crippen molar-refractivity contribution in [3.05, 3.63) is 12.7 Å². The van der Waals surface area contributed by atoms with E-state index in [1.165, 1.54) is 12.2 Å². The first kappa shape index (κ1) is 7.28. The van der Waals surface area contributed by atoms with Gasteiger partial charge in [0.05, 0.1) is 13.2 Å². The van der Waals surface area contributed by atoms with E-state index in [0.717, 1.165) is 6.42 Å². The molecule has 0 bridgehead atoms. The highest BCUT2D eigenvalue weighted by molar-refractivity contribution is 5.77. The standard InChI is InChI=1S/C7H11NO2/c1-3-6-4-5-7(9)8(6)10-2/h3,6H,1,4-5H2,2H3/t6-/m1/s1. The maximum atomic E-state index is 10.9. The highest BCUT2D eigenvalue weighted by Crippen LogP contribution is 2.18. The summed E-state index contributed by atoms with van der Waals surface area (Å²) in [6.45, 7) is 3.60. The number of rotatable bonds is 2. The largest absolute Gasteiger partial charge is 0.274 e. The minimum atomic E-state index is 0.0485. The maximum Gasteiger partial charge on any atom is 0.246 e. The van der Waals surface area contributed by atoms with Crippen LogP contribution in [0.1, 0.15) is 12.8 Å². The molecule has 1 saturated heterocycles. The Bertz CT molecular complexity index is 156. The topological polar surface area (TPSA) is 29.5 Å². The molecule has 10 heavy (non-hydrogen) atoms. The normalized spacial score (nSPS) is 25.5. The SMILES string of the molecule is C=C[C@@H]1CCC(=O)N1OC. The van der Waals surface area contributed by atoms with Gasteiger partial charge in [-0.25, -0.2) is 5.06 Å². The fourth-order valence-corrected chi connectivity index (χ4v) is 1.13. The van der Waals surface area contributed by atoms with Gasteiger partial charge in [0, 0.05) is 6.42 Å². The number of carbonyl (C=O) groups is 1. The Morgan fingerprint density at radius 3 is 3.00 bits per heavy atom. The lowest BCUT2D eigenvalue weighted by atomic mass is 10.2. The van der Waals surface area contributed by atoms with Gasteiger partial charge in [-0.05, 0) is 6.42 Å². The molecule has 0 unspecified atom stereocenters. The summed E-state index contributed by atoms with van der Waals surface area (Å²) in [5.41, 5.74) is 0. The van der Waals surface area contributed by atoms with Crippen LogP contribution in [-0.2, 0) is 9.63 Å². The molecule has 3 nitrogen and oxygen atoms in total. The van der Waals surface area contributed by atoms with Gasteiger partial charge >= 0.3 is 0 Å². The molecule has 1 rings (SSSR count). The van der Waals surface area contributed by atoms with Crippen LogP contribution in [0, 0.1) is 0 Å². The molecule has 0 aromatic rings. The van der Waals surface area contributed by atoms with Crippen molar-refractivity contribution in [2.24, 2.45) is 0 Å². The van der Waals surface area contributed by atoms with Crippen molar-refractivity contribution >= 4 is 5.91 Å². The van der Waals surface area contributed by atoms with Crippen molar-refractivity contribution in [2.45, 2.75) is 18.9 Å². The number of hydrogen-bond donors (Lipinski definition) is 0. The van der Waals surface area contributed by atoms with Gasteiger partial charge in [-0.2, -0.15) is 0 Å². The molecule has 0 radical (unpaired) electrons. The van der Waals surface area contributed by atoms with E-state index in [1.54, 1.807) is 6.08 Å². The third kappa shape index (κ3) is 1.04. The average molecular weight is 141 g/mol. The first-order valence-electron chi connectivity index (χ1n) is 3.28. The molecule has 0 aromatic heterocycles. The number of carbonyl (C=O) groups excluding carboxylic acids is 1. The van der Waals surface area contributed by atoms with Crippen molar-refractivity contribution in [2.75, 3.05) is 7.11 Å². The van der Waals surface area contributed by atoms with Gasteiger partial charge < -0.3 is 0 Å². The molecular weight excluding hydrogens is 130 g/mol. The molecule has 1 aliphatic rings. The summed E-state index contributed by atoms with van der Waals surface area (Å²) in [6.07, 6.45) is 3.13. The predicted octanol–water partition coefficient (Wildman–Crippen LogP) is 0.725. The summed E-state index contributed by atoms with van der Waals surface area (Å²) in [7, 11) is 1.50. The van der Waals surface area contributed by atoms with E-state index in [2.05, 4.69) is 6.58 Å². The van der Waals surface area contributed by atoms with Gasteiger partial charge in [-0.3, -0.25) is 9.63 Å². The Kier molecular flexibility index (Phi) is 2.06. The zero-order valence-corrected chi connectivity index (χ0v) is 6.04. The van der Waals surface area contributed by atoms with E-state index < -0.39 is 0 Å². The van der Waals surface area contributed by atoms with Crippen LogP contribution < -0.4 is 0 Å². The van der Waals surface area contributed by atoms with E-state index in [-0.39, 0.29) is 11.9 Å². The van der Waals surface area contributed by atoms with Gasteiger partial charge in [-0.1, -0.05) is 6.08 Å². The van der Waals surface area contributed by atoms with Crippen LogP contribution in [0.3, 0.4) is 0 Å². The Morgan fingerprint density at radius 1 is 1.90 bits per heavy atom. The molecule has 0 saturated carbocycles. The summed E-state index contributed by atoms with van der Waals surface area (Å²) in [5.74, 6) is 0.0485. The van der Waals surface area contributed by atoms with Crippen molar-refractivity contribution < 1.29 is 9.63 Å². The maximum absolute atomic E-state index is 10.9. The van der Waals surface area contributed by atoms with Crippen molar-refractivity contribution in [1.29, 1.82) is 0 Å². The highest BCUT2D eigenvalue weighted by Gasteiger charge is 2.28. The Morgan fingerprint density at radius 2 is 2.60 bits per heavy atom. The summed E-state index contributed by atoms with van der Waals surface area (Å²) in [4.78, 5) is 15.8. The first-order valence-corrected chi connectivity index (χ1v) is 3.28. The van der Waals surface area contributed by atoms with Crippen LogP contribution in [-0.4, -0.2) is 24.1 Å². The van der Waals surface area contributed by atoms with Gasteiger partial charge in [0.25, 0.3) is 0 Å². The Labute approximate surface area is 60.2 Å². The Hall–Kier alpha value is -0.830. The molecule has 1 fully saturated rings. The molecule has 56 valence electrons. The van der Waals surface area contributed by atoms with Crippen LogP contribution in [0.15, 0.2) is 12.7 Å². The van der Waals surface area contributed by atoms with Crippen LogP contribution in [0.25, 0.3) is 0 Å². The first-order chi connectivity index (χ1) is 4.79. The van der Waals surface area contributed by atoms with Crippen molar-refractivity contribution in [1.82, 2.24) is 5.06 Å². The van der Waals surface area contributed by atoms with Crippen molar-refractivity contribution in [3.63, 3.8) is 0 Å². The summed E-state index contributed by atoms with van der Waals surface area (Å²) < 4.78 is 0. The van der Waals surface area contributed by atoms with E-state index in [4.69, 9.17) is 4.84 Å². The molecule has 1 aliphatic heterocycles. The summed E-state index contributed by atoms with van der Waals surface area (Å²) in [6, 6.07) is 0.0810. The minimum Gasteiger partial charge on any atom is -0.274 e. The second kappa shape index (κ2) is 2.84. The third-order valence-corrected chi connectivity index (χ3v) is 1.67. The summed E-state index contributed by atoms with van der Waals surface area (Å²) >= 11 is 0. The molecular formula is C7H11NO2. The van der Waals surface area contributed by atoms with E-state index in [0.29, 0.717) is 6.42 Å². The van der Waals surface area contributed by atoms with E-state index in [9.17, 15) is 4.79 Å². The Balaban J connectivity index is 2.62. The minimum absolute atomic E-state index is 0.0485. The molecule has 1 heterocycles. The lowest BCUT2D eigenvalue weighted by molar-refractivity contribution is -0.173. The fourth-order valence-electron chi connectivity index (χ4n) is 1.13. The van der Waals surface area contributed by atoms with Crippen LogP contribution in [0.5, 0.6) is 0 Å². The molecule has 1 atom stereocenters. The van der Waals surface area contributed by atoms with Crippen LogP contribution in [0.2, 0.25) is 0 Å². The third-order valence-electron chi connectivity index (χ3n) is 1.67. The van der Waals surface area contributed by atoms with Crippen LogP contribution in [0.4, 0.5) is 0 Å². The van der Waals surface area contributed by atoms with Gasteiger partial charge in [-0.15, -0.1) is 6.58 Å². The summed E-state index contributed by atoms with van der Waals surface area (Å²) in [5, 5.41) is 1.37. The smallest absolute Gasteiger partial charge is 0.246 e. The van der Waals surface area contributed by atoms with E-state index >= 15 is 0 Å². The van der Waals surface area contributed by atoms with Crippen molar-refractivity contribution in [3.8, 4) is 0 Å². The molecule has 0 spiro atoms. The monoisotopic (exact) mass is 141 g/mol. The zero-order valence-electron chi connectivity index (χ0n) is 6.04. The molecule has 0 aliphatic carbocycles. The lowest BCUT2D eigenvalue weighted by Gasteiger charge is -2.17. The number of amides is 1. The van der Waals surface area contributed by atoms with E-state index in [1.807, 2.05) is 0 Å². The number of hydrogen-bond acceptors (Lipinski definition) is 2. The van der Waals surface area contributed by atoms with Gasteiger partial charge in [0.1, 0.15) is 0 Å². The zero-order chi connectivity index (χ0) is 7.56. The quantitative estimate of drug-likeness (QED) is 0.530. The number of nitrogens with zero attached hydrogens (tertiary/aromatic N) is 1. The predicted molar refractivity (Wildman–Crippen MR) is 37.1 cm³/mol. The van der Waals surface area contributed by atoms with Gasteiger partial charge in [0.2, 0.25) is 5.91 Å². The molecule has 1 amide bonds. The van der Waals surface area contributed by atoms with Crippen LogP contribution >= 0.6 is 0 Å². The molecule has 0 aromatic carbocycles. The lowest BCUT2D eigenvalue weighted by Crippen LogP contribution is -2.30.